The molecule has 1 aromatic rings. The highest BCUT2D eigenvalue weighted by Gasteiger charge is 2.27. The summed E-state index contributed by atoms with van der Waals surface area (Å²) >= 11 is 0. The van der Waals surface area contributed by atoms with Crippen molar-refractivity contribution in [1.82, 2.24) is 0 Å². The third-order valence-corrected chi connectivity index (χ3v) is 3.90. The molecule has 0 radical (unpaired) electrons. The van der Waals surface area contributed by atoms with Crippen LogP contribution < -0.4 is 0 Å². The van der Waals surface area contributed by atoms with E-state index in [1.165, 1.54) is 18.2 Å². The summed E-state index contributed by atoms with van der Waals surface area (Å²) in [7, 11) is 0. The number of hydrogen-bond donors (Lipinski definition) is 3. The van der Waals surface area contributed by atoms with E-state index in [0.717, 1.165) is 6.08 Å². The Balaban J connectivity index is 2.61. The van der Waals surface area contributed by atoms with Gasteiger partial charge in [0.25, 0.3) is 0 Å². The molecule has 27 heavy (non-hydrogen) atoms. The maximum Gasteiger partial charge on any atom is 0.348 e. The number of ether oxygens (including phenoxy) is 2. The monoisotopic (exact) mass is 377 g/mol. The number of aliphatic hydroxyl groups excluding tert-OH is 1. The van der Waals surface area contributed by atoms with E-state index in [9.17, 15) is 24.9 Å². The van der Waals surface area contributed by atoms with Crippen LogP contribution in [0.4, 0.5) is 0 Å². The van der Waals surface area contributed by atoms with Crippen LogP contribution in [-0.4, -0.2) is 46.6 Å². The van der Waals surface area contributed by atoms with Crippen molar-refractivity contribution in [2.45, 2.75) is 33.3 Å². The van der Waals surface area contributed by atoms with E-state index >= 15 is 0 Å². The van der Waals surface area contributed by atoms with Crippen molar-refractivity contribution in [2.75, 3.05) is 13.2 Å². The highest BCUT2D eigenvalue weighted by molar-refractivity contribution is 5.98. The predicted octanol–water partition coefficient (Wildman–Crippen LogP) is 1.89. The normalized spacial score (nSPS) is 12.8. The molecule has 146 valence electrons. The highest BCUT2D eigenvalue weighted by atomic mass is 16.6. The van der Waals surface area contributed by atoms with Gasteiger partial charge in [-0.1, -0.05) is 13.0 Å². The van der Waals surface area contributed by atoms with Gasteiger partial charge in [0.2, 0.25) is 0 Å². The van der Waals surface area contributed by atoms with Gasteiger partial charge in [-0.2, -0.15) is 5.26 Å². The van der Waals surface area contributed by atoms with E-state index in [0.29, 0.717) is 12.0 Å². The Bertz CT molecular complexity index is 762. The molecule has 0 saturated carbocycles. The molecule has 1 rings (SSSR count). The Labute approximate surface area is 157 Å². The molecule has 1 unspecified atom stereocenters. The van der Waals surface area contributed by atoms with Crippen LogP contribution in [0.25, 0.3) is 6.08 Å². The standard InChI is InChI=1S/C19H23NO7/c1-4-19(2,3)18(25)27-11-14(21)10-26-17(24)13(9-20)7-12-5-6-15(22)16(23)8-12/h5-8,14,21-23H,4,10-11H2,1-3H3/b13-7+. The molecule has 0 saturated heterocycles. The molecule has 0 aliphatic carbocycles. The van der Waals surface area contributed by atoms with E-state index < -0.39 is 35.8 Å². The van der Waals surface area contributed by atoms with E-state index in [-0.39, 0.29) is 17.9 Å². The van der Waals surface area contributed by atoms with Crippen LogP contribution >= 0.6 is 0 Å². The number of phenols is 2. The molecule has 0 amide bonds. The van der Waals surface area contributed by atoms with E-state index in [2.05, 4.69) is 0 Å². The summed E-state index contributed by atoms with van der Waals surface area (Å²) in [5.41, 5.74) is -0.741. The summed E-state index contributed by atoms with van der Waals surface area (Å²) in [6, 6.07) is 5.43. The van der Waals surface area contributed by atoms with Crippen LogP contribution in [0.15, 0.2) is 23.8 Å². The molecule has 0 spiro atoms. The Morgan fingerprint density at radius 1 is 1.22 bits per heavy atom. The van der Waals surface area contributed by atoms with Gasteiger partial charge in [0.15, 0.2) is 11.5 Å². The topological polar surface area (TPSA) is 137 Å². The lowest BCUT2D eigenvalue weighted by Gasteiger charge is -2.21. The van der Waals surface area contributed by atoms with Gasteiger partial charge in [0.1, 0.15) is 31.0 Å². The number of nitriles is 1. The number of nitrogens with zero attached hydrogens (tertiary/aromatic N) is 1. The third-order valence-electron chi connectivity index (χ3n) is 3.90. The number of aliphatic hydroxyl groups is 1. The smallest absolute Gasteiger partial charge is 0.348 e. The van der Waals surface area contributed by atoms with Gasteiger partial charge in [-0.3, -0.25) is 4.79 Å². The molecule has 1 aromatic carbocycles. The van der Waals surface area contributed by atoms with Gasteiger partial charge in [0.05, 0.1) is 5.41 Å². The van der Waals surface area contributed by atoms with Crippen LogP contribution in [-0.2, 0) is 19.1 Å². The van der Waals surface area contributed by atoms with Gasteiger partial charge in [-0.25, -0.2) is 4.79 Å². The van der Waals surface area contributed by atoms with Crippen LogP contribution in [0, 0.1) is 16.7 Å². The number of esters is 2. The summed E-state index contributed by atoms with van der Waals surface area (Å²) in [5.74, 6) is -2.19. The molecular weight excluding hydrogens is 354 g/mol. The van der Waals surface area contributed by atoms with Gasteiger partial charge in [-0.05, 0) is 44.0 Å². The largest absolute Gasteiger partial charge is 0.504 e. The molecule has 0 aliphatic rings. The second kappa shape index (κ2) is 9.59. The first-order valence-electron chi connectivity index (χ1n) is 8.27. The molecular formula is C19H23NO7. The fourth-order valence-corrected chi connectivity index (χ4v) is 1.74. The average Bonchev–Trinajstić information content (AvgIpc) is 2.64. The Morgan fingerprint density at radius 3 is 2.41 bits per heavy atom. The fourth-order valence-electron chi connectivity index (χ4n) is 1.74. The highest BCUT2D eigenvalue weighted by Crippen LogP contribution is 2.26. The fraction of sp³-hybridized carbons (Fsp3) is 0.421. The van der Waals surface area contributed by atoms with Crippen LogP contribution in [0.5, 0.6) is 11.5 Å². The van der Waals surface area contributed by atoms with Crippen molar-refractivity contribution in [3.8, 4) is 17.6 Å². The van der Waals surface area contributed by atoms with Gasteiger partial charge in [-0.15, -0.1) is 0 Å². The molecule has 8 nitrogen and oxygen atoms in total. The molecule has 3 N–H and O–H groups in total. The average molecular weight is 377 g/mol. The summed E-state index contributed by atoms with van der Waals surface area (Å²) < 4.78 is 9.83. The zero-order valence-electron chi connectivity index (χ0n) is 15.4. The predicted molar refractivity (Wildman–Crippen MR) is 95.4 cm³/mol. The second-order valence-corrected chi connectivity index (χ2v) is 6.51. The second-order valence-electron chi connectivity index (χ2n) is 6.51. The lowest BCUT2D eigenvalue weighted by Crippen LogP contribution is -2.31. The third kappa shape index (κ3) is 6.64. The van der Waals surface area contributed by atoms with Crippen molar-refractivity contribution >= 4 is 18.0 Å². The summed E-state index contributed by atoms with van der Waals surface area (Å²) in [5, 5.41) is 37.5. The molecule has 0 fully saturated rings. The van der Waals surface area contributed by atoms with Crippen LogP contribution in [0.3, 0.4) is 0 Å². The summed E-state index contributed by atoms with van der Waals surface area (Å²) in [6.45, 7) is 4.47. The minimum atomic E-state index is -1.23. The van der Waals surface area contributed by atoms with Crippen molar-refractivity contribution < 1.29 is 34.4 Å². The number of carbonyl (C=O) groups is 2. The number of aromatic hydroxyl groups is 2. The quantitative estimate of drug-likeness (QED) is 0.270. The number of carbonyl (C=O) groups excluding carboxylic acids is 2. The number of benzene rings is 1. The summed E-state index contributed by atoms with van der Waals surface area (Å²) in [6.07, 6.45) is 0.501. The van der Waals surface area contributed by atoms with Crippen molar-refractivity contribution in [2.24, 2.45) is 5.41 Å². The van der Waals surface area contributed by atoms with Crippen molar-refractivity contribution in [1.29, 1.82) is 5.26 Å². The Kier molecular flexibility index (Phi) is 7.81. The van der Waals surface area contributed by atoms with Crippen molar-refractivity contribution in [3.63, 3.8) is 0 Å². The van der Waals surface area contributed by atoms with Gasteiger partial charge in [0, 0.05) is 0 Å². The van der Waals surface area contributed by atoms with E-state index in [4.69, 9.17) is 14.7 Å². The molecule has 8 heteroatoms. The maximum absolute atomic E-state index is 11.9. The van der Waals surface area contributed by atoms with Crippen LogP contribution in [0.2, 0.25) is 0 Å². The molecule has 1 atom stereocenters. The minimum Gasteiger partial charge on any atom is -0.504 e. The van der Waals surface area contributed by atoms with Crippen molar-refractivity contribution in [3.05, 3.63) is 29.3 Å². The maximum atomic E-state index is 11.9. The van der Waals surface area contributed by atoms with Crippen LogP contribution in [0.1, 0.15) is 32.8 Å². The summed E-state index contributed by atoms with van der Waals surface area (Å²) in [4.78, 5) is 23.8. The lowest BCUT2D eigenvalue weighted by atomic mass is 9.91. The number of hydrogen-bond acceptors (Lipinski definition) is 8. The Hall–Kier alpha value is -3.05. The lowest BCUT2D eigenvalue weighted by molar-refractivity contribution is -0.159. The number of phenolic OH excluding ortho intramolecular Hbond substituents is 2. The molecule has 0 heterocycles. The SMILES string of the molecule is CCC(C)(C)C(=O)OCC(O)COC(=O)/C(C#N)=C/c1ccc(O)c(O)c1. The zero-order valence-corrected chi connectivity index (χ0v) is 15.4. The minimum absolute atomic E-state index is 0.301. The molecule has 0 aromatic heterocycles. The first kappa shape index (κ1) is 22.0. The number of rotatable bonds is 8. The van der Waals surface area contributed by atoms with Gasteiger partial charge < -0.3 is 24.8 Å². The zero-order chi connectivity index (χ0) is 20.6. The first-order valence-corrected chi connectivity index (χ1v) is 8.27. The first-order chi connectivity index (χ1) is 12.6. The Morgan fingerprint density at radius 2 is 1.85 bits per heavy atom. The van der Waals surface area contributed by atoms with Gasteiger partial charge >= 0.3 is 11.9 Å². The molecule has 0 bridgehead atoms. The molecule has 0 aliphatic heterocycles. The van der Waals surface area contributed by atoms with E-state index in [1.807, 2.05) is 6.92 Å². The van der Waals surface area contributed by atoms with E-state index in [1.54, 1.807) is 19.9 Å².